The molecule has 0 bridgehead atoms. The van der Waals surface area contributed by atoms with Gasteiger partial charge in [0, 0.05) is 13.0 Å². The molecule has 0 saturated carbocycles. The number of nitrogens with one attached hydrogen (secondary N) is 1. The van der Waals surface area contributed by atoms with Crippen molar-refractivity contribution in [2.24, 2.45) is 0 Å². The summed E-state index contributed by atoms with van der Waals surface area (Å²) in [5.74, 6) is 1.26. The van der Waals surface area contributed by atoms with Gasteiger partial charge in [-0.25, -0.2) is 0 Å². The molecule has 22 heavy (non-hydrogen) atoms. The highest BCUT2D eigenvalue weighted by atomic mass is 16.5. The lowest BCUT2D eigenvalue weighted by atomic mass is 10.0. The molecule has 1 atom stereocenters. The normalized spacial score (nSPS) is 13.4. The number of hydrogen-bond acceptors (Lipinski definition) is 4. The number of carbonyl (C=O) groups excluding carboxylic acids is 1. The van der Waals surface area contributed by atoms with Crippen molar-refractivity contribution in [1.29, 1.82) is 0 Å². The van der Waals surface area contributed by atoms with E-state index in [0.717, 1.165) is 11.3 Å². The highest BCUT2D eigenvalue weighted by molar-refractivity contribution is 5.78. The number of rotatable bonds is 7. The second-order valence-electron chi connectivity index (χ2n) is 5.56. The van der Waals surface area contributed by atoms with Gasteiger partial charge in [-0.05, 0) is 36.8 Å². The molecule has 5 heteroatoms. The minimum absolute atomic E-state index is 0.145. The average Bonchev–Trinajstić information content (AvgIpc) is 2.98. The lowest BCUT2D eigenvalue weighted by molar-refractivity contribution is -0.121. The molecule has 1 heterocycles. The van der Waals surface area contributed by atoms with Gasteiger partial charge in [0.05, 0.1) is 25.4 Å². The smallest absolute Gasteiger partial charge is 0.224 e. The highest BCUT2D eigenvalue weighted by Crippen LogP contribution is 2.14. The summed E-state index contributed by atoms with van der Waals surface area (Å²) in [7, 11) is 1.59. The van der Waals surface area contributed by atoms with Gasteiger partial charge in [0.15, 0.2) is 0 Å². The minimum atomic E-state index is -1.05. The van der Waals surface area contributed by atoms with Gasteiger partial charge < -0.3 is 19.6 Å². The van der Waals surface area contributed by atoms with Gasteiger partial charge in [-0.2, -0.15) is 0 Å². The third-order valence-electron chi connectivity index (χ3n) is 3.30. The van der Waals surface area contributed by atoms with Crippen molar-refractivity contribution in [3.05, 3.63) is 54.0 Å². The molecule has 118 valence electrons. The Morgan fingerprint density at radius 3 is 2.86 bits per heavy atom. The first-order valence-electron chi connectivity index (χ1n) is 7.13. The van der Waals surface area contributed by atoms with Crippen molar-refractivity contribution in [3.63, 3.8) is 0 Å². The fourth-order valence-electron chi connectivity index (χ4n) is 2.17. The standard InChI is InChI=1S/C17H21NO4/c1-17(20,11-15-7-4-8-22-15)12-18-16(19)10-13-5-3-6-14(9-13)21-2/h3-9,20H,10-12H2,1-2H3,(H,18,19). The molecule has 0 radical (unpaired) electrons. The van der Waals surface area contributed by atoms with Crippen LogP contribution >= 0.6 is 0 Å². The Bertz CT molecular complexity index is 605. The molecular weight excluding hydrogens is 282 g/mol. The van der Waals surface area contributed by atoms with Crippen LogP contribution in [0, 0.1) is 0 Å². The third kappa shape index (κ3) is 4.93. The van der Waals surface area contributed by atoms with E-state index in [0.29, 0.717) is 12.2 Å². The summed E-state index contributed by atoms with van der Waals surface area (Å²) in [4.78, 5) is 12.0. The van der Waals surface area contributed by atoms with Crippen LogP contribution in [-0.4, -0.2) is 30.3 Å². The summed E-state index contributed by atoms with van der Waals surface area (Å²) in [6.07, 6.45) is 2.15. The van der Waals surface area contributed by atoms with Crippen molar-refractivity contribution < 1.29 is 19.1 Å². The molecule has 0 spiro atoms. The Labute approximate surface area is 129 Å². The molecule has 0 aliphatic heterocycles. The molecule has 2 rings (SSSR count). The van der Waals surface area contributed by atoms with Crippen molar-refractivity contribution in [3.8, 4) is 5.75 Å². The monoisotopic (exact) mass is 303 g/mol. The quantitative estimate of drug-likeness (QED) is 0.820. The van der Waals surface area contributed by atoms with Gasteiger partial charge in [0.25, 0.3) is 0 Å². The molecule has 2 aromatic rings. The first kappa shape index (κ1) is 16.1. The molecule has 1 aromatic heterocycles. The van der Waals surface area contributed by atoms with E-state index < -0.39 is 5.60 Å². The van der Waals surface area contributed by atoms with Gasteiger partial charge in [-0.15, -0.1) is 0 Å². The van der Waals surface area contributed by atoms with Crippen LogP contribution in [0.2, 0.25) is 0 Å². The summed E-state index contributed by atoms with van der Waals surface area (Å²) >= 11 is 0. The Balaban J connectivity index is 1.83. The predicted octanol–water partition coefficient (Wildman–Crippen LogP) is 1.94. The molecule has 1 aromatic carbocycles. The zero-order chi connectivity index (χ0) is 16.0. The summed E-state index contributed by atoms with van der Waals surface area (Å²) in [5, 5.41) is 13.0. The number of carbonyl (C=O) groups is 1. The molecule has 0 aliphatic carbocycles. The second-order valence-corrected chi connectivity index (χ2v) is 5.56. The fourth-order valence-corrected chi connectivity index (χ4v) is 2.17. The largest absolute Gasteiger partial charge is 0.497 e. The van der Waals surface area contributed by atoms with E-state index in [1.54, 1.807) is 32.4 Å². The molecule has 1 amide bonds. The van der Waals surface area contributed by atoms with Crippen LogP contribution in [0.4, 0.5) is 0 Å². The van der Waals surface area contributed by atoms with Crippen LogP contribution in [0.5, 0.6) is 5.75 Å². The van der Waals surface area contributed by atoms with E-state index in [2.05, 4.69) is 5.32 Å². The van der Waals surface area contributed by atoms with Crippen LogP contribution in [0.15, 0.2) is 47.1 Å². The Morgan fingerprint density at radius 1 is 1.36 bits per heavy atom. The summed E-state index contributed by atoms with van der Waals surface area (Å²) in [6.45, 7) is 1.83. The number of furan rings is 1. The molecule has 0 fully saturated rings. The van der Waals surface area contributed by atoms with Crippen LogP contribution in [0.25, 0.3) is 0 Å². The van der Waals surface area contributed by atoms with Gasteiger partial charge in [0.2, 0.25) is 5.91 Å². The van der Waals surface area contributed by atoms with E-state index in [1.165, 1.54) is 0 Å². The van der Waals surface area contributed by atoms with E-state index in [4.69, 9.17) is 9.15 Å². The van der Waals surface area contributed by atoms with Crippen molar-refractivity contribution >= 4 is 5.91 Å². The van der Waals surface area contributed by atoms with Crippen LogP contribution in [-0.2, 0) is 17.6 Å². The Morgan fingerprint density at radius 2 is 2.18 bits per heavy atom. The fraction of sp³-hybridized carbons (Fsp3) is 0.353. The van der Waals surface area contributed by atoms with E-state index in [-0.39, 0.29) is 18.9 Å². The first-order valence-corrected chi connectivity index (χ1v) is 7.13. The van der Waals surface area contributed by atoms with E-state index >= 15 is 0 Å². The number of methoxy groups -OCH3 is 1. The van der Waals surface area contributed by atoms with Crippen LogP contribution in [0.3, 0.4) is 0 Å². The topological polar surface area (TPSA) is 71.7 Å². The van der Waals surface area contributed by atoms with Crippen LogP contribution in [0.1, 0.15) is 18.2 Å². The Hall–Kier alpha value is -2.27. The van der Waals surface area contributed by atoms with Crippen molar-refractivity contribution in [1.82, 2.24) is 5.32 Å². The maximum absolute atomic E-state index is 12.0. The second kappa shape index (κ2) is 7.13. The first-order chi connectivity index (χ1) is 10.5. The van der Waals surface area contributed by atoms with Gasteiger partial charge in [0.1, 0.15) is 11.5 Å². The zero-order valence-corrected chi connectivity index (χ0v) is 12.8. The molecule has 5 nitrogen and oxygen atoms in total. The lowest BCUT2D eigenvalue weighted by Crippen LogP contribution is -2.42. The SMILES string of the molecule is COc1cccc(CC(=O)NCC(C)(O)Cc2ccco2)c1. The predicted molar refractivity (Wildman–Crippen MR) is 82.7 cm³/mol. The number of benzene rings is 1. The van der Waals surface area contributed by atoms with Gasteiger partial charge in [-0.1, -0.05) is 12.1 Å². The van der Waals surface area contributed by atoms with Gasteiger partial charge >= 0.3 is 0 Å². The number of aliphatic hydroxyl groups is 1. The lowest BCUT2D eigenvalue weighted by Gasteiger charge is -2.22. The Kier molecular flexibility index (Phi) is 5.22. The summed E-state index contributed by atoms with van der Waals surface area (Å²) in [5.41, 5.74) is -0.190. The highest BCUT2D eigenvalue weighted by Gasteiger charge is 2.23. The van der Waals surface area contributed by atoms with Gasteiger partial charge in [-0.3, -0.25) is 4.79 Å². The molecule has 2 N–H and O–H groups in total. The third-order valence-corrected chi connectivity index (χ3v) is 3.30. The molecule has 0 aliphatic rings. The minimum Gasteiger partial charge on any atom is -0.497 e. The summed E-state index contributed by atoms with van der Waals surface area (Å²) < 4.78 is 10.3. The maximum Gasteiger partial charge on any atom is 0.224 e. The molecule has 0 saturated heterocycles. The molecule has 1 unspecified atom stereocenters. The molecular formula is C17H21NO4. The van der Waals surface area contributed by atoms with Crippen molar-refractivity contribution in [2.45, 2.75) is 25.4 Å². The van der Waals surface area contributed by atoms with Crippen molar-refractivity contribution in [2.75, 3.05) is 13.7 Å². The number of amides is 1. The number of ether oxygens (including phenoxy) is 1. The van der Waals surface area contributed by atoms with E-state index in [9.17, 15) is 9.90 Å². The van der Waals surface area contributed by atoms with Crippen LogP contribution < -0.4 is 10.1 Å². The van der Waals surface area contributed by atoms with E-state index in [1.807, 2.05) is 24.3 Å². The summed E-state index contributed by atoms with van der Waals surface area (Å²) in [6, 6.07) is 10.9. The zero-order valence-electron chi connectivity index (χ0n) is 12.8. The average molecular weight is 303 g/mol. The maximum atomic E-state index is 12.0. The number of hydrogen-bond donors (Lipinski definition) is 2.